The Bertz CT molecular complexity index is 581. The van der Waals surface area contributed by atoms with E-state index in [1.165, 1.54) is 11.4 Å². The molecule has 0 unspecified atom stereocenters. The van der Waals surface area contributed by atoms with Gasteiger partial charge in [0, 0.05) is 19.2 Å². The van der Waals surface area contributed by atoms with Crippen molar-refractivity contribution in [2.45, 2.75) is 43.5 Å². The molecule has 0 saturated heterocycles. The quantitative estimate of drug-likeness (QED) is 0.860. The van der Waals surface area contributed by atoms with Crippen LogP contribution in [0.15, 0.2) is 23.1 Å². The highest BCUT2D eigenvalue weighted by atomic mass is 32.2. The summed E-state index contributed by atoms with van der Waals surface area (Å²) in [5, 5.41) is 0. The number of hydrogen-bond donors (Lipinski definition) is 0. The summed E-state index contributed by atoms with van der Waals surface area (Å²) < 4.78 is 52.6. The smallest absolute Gasteiger partial charge is 0.207 e. The van der Waals surface area contributed by atoms with Crippen LogP contribution in [-0.2, 0) is 10.0 Å². The van der Waals surface area contributed by atoms with Crippen molar-refractivity contribution in [3.05, 3.63) is 29.8 Å². The van der Waals surface area contributed by atoms with E-state index in [4.69, 9.17) is 0 Å². The molecule has 1 aromatic rings. The largest absolute Gasteiger partial charge is 0.245 e. The predicted octanol–water partition coefficient (Wildman–Crippen LogP) is 3.16. The lowest BCUT2D eigenvalue weighted by Crippen LogP contribution is -2.39. The van der Waals surface area contributed by atoms with Crippen molar-refractivity contribution < 1.29 is 17.2 Å². The summed E-state index contributed by atoms with van der Waals surface area (Å²) in [6.07, 6.45) is 3.49. The Hall–Kier alpha value is -1.01. The van der Waals surface area contributed by atoms with Gasteiger partial charge in [0.15, 0.2) is 0 Å². The second-order valence-electron chi connectivity index (χ2n) is 5.51. The normalized spacial score (nSPS) is 24.1. The minimum atomic E-state index is -3.91. The first kappa shape index (κ1) is 15.4. The molecule has 2 rings (SSSR count). The minimum absolute atomic E-state index is 0.111. The molecule has 0 radical (unpaired) electrons. The van der Waals surface area contributed by atoms with Crippen LogP contribution < -0.4 is 0 Å². The molecule has 1 aliphatic carbocycles. The topological polar surface area (TPSA) is 37.4 Å². The third-order valence-electron chi connectivity index (χ3n) is 4.05. The number of nitrogens with zero attached hydrogens (tertiary/aromatic N) is 1. The van der Waals surface area contributed by atoms with Gasteiger partial charge in [-0.05, 0) is 43.7 Å². The summed E-state index contributed by atoms with van der Waals surface area (Å²) in [7, 11) is -2.44. The van der Waals surface area contributed by atoms with Gasteiger partial charge < -0.3 is 0 Å². The maximum absolute atomic E-state index is 13.7. The highest BCUT2D eigenvalue weighted by Crippen LogP contribution is 2.30. The zero-order valence-electron chi connectivity index (χ0n) is 11.6. The van der Waals surface area contributed by atoms with Gasteiger partial charge in [0.05, 0.1) is 0 Å². The van der Waals surface area contributed by atoms with E-state index in [-0.39, 0.29) is 6.04 Å². The van der Waals surface area contributed by atoms with E-state index in [0.29, 0.717) is 12.0 Å². The van der Waals surface area contributed by atoms with Crippen molar-refractivity contribution >= 4 is 10.0 Å². The summed E-state index contributed by atoms with van der Waals surface area (Å²) in [4.78, 5) is -0.458. The van der Waals surface area contributed by atoms with Crippen molar-refractivity contribution in [3.8, 4) is 0 Å². The summed E-state index contributed by atoms with van der Waals surface area (Å²) in [5.74, 6) is -1.22. The molecule has 112 valence electrons. The lowest BCUT2D eigenvalue weighted by molar-refractivity contribution is 0.245. The third kappa shape index (κ3) is 3.01. The second kappa shape index (κ2) is 5.77. The lowest BCUT2D eigenvalue weighted by atomic mass is 9.87. The number of sulfonamides is 1. The number of hydrogen-bond acceptors (Lipinski definition) is 2. The first-order valence-electron chi connectivity index (χ1n) is 6.75. The SMILES string of the molecule is CC1CCC(N(C)S(=O)(=O)c2ccc(F)cc2F)CC1. The van der Waals surface area contributed by atoms with Crippen molar-refractivity contribution in [2.24, 2.45) is 5.92 Å². The van der Waals surface area contributed by atoms with Crippen LogP contribution in [-0.4, -0.2) is 25.8 Å². The van der Waals surface area contributed by atoms with Gasteiger partial charge in [-0.3, -0.25) is 0 Å². The molecular formula is C14H19F2NO2S. The van der Waals surface area contributed by atoms with E-state index < -0.39 is 26.6 Å². The summed E-state index contributed by atoms with van der Waals surface area (Å²) in [5.41, 5.74) is 0. The van der Waals surface area contributed by atoms with E-state index in [9.17, 15) is 17.2 Å². The van der Waals surface area contributed by atoms with E-state index in [0.717, 1.165) is 37.8 Å². The molecule has 0 aliphatic heterocycles. The summed E-state index contributed by atoms with van der Waals surface area (Å²) in [6, 6.07) is 2.44. The zero-order chi connectivity index (χ0) is 14.9. The molecule has 6 heteroatoms. The predicted molar refractivity (Wildman–Crippen MR) is 72.7 cm³/mol. The van der Waals surface area contributed by atoms with Crippen molar-refractivity contribution in [1.29, 1.82) is 0 Å². The second-order valence-corrected chi connectivity index (χ2v) is 7.48. The van der Waals surface area contributed by atoms with Gasteiger partial charge in [-0.1, -0.05) is 6.92 Å². The molecule has 1 aliphatic rings. The van der Waals surface area contributed by atoms with Gasteiger partial charge in [-0.25, -0.2) is 17.2 Å². The first-order chi connectivity index (χ1) is 9.32. The van der Waals surface area contributed by atoms with Gasteiger partial charge in [-0.2, -0.15) is 4.31 Å². The molecule has 0 atom stereocenters. The van der Waals surface area contributed by atoms with Gasteiger partial charge in [0.1, 0.15) is 16.5 Å². The summed E-state index contributed by atoms with van der Waals surface area (Å²) in [6.45, 7) is 2.14. The lowest BCUT2D eigenvalue weighted by Gasteiger charge is -2.32. The minimum Gasteiger partial charge on any atom is -0.207 e. The Balaban J connectivity index is 2.25. The van der Waals surface area contributed by atoms with Crippen LogP contribution in [0.3, 0.4) is 0 Å². The molecule has 0 bridgehead atoms. The maximum atomic E-state index is 13.7. The Morgan fingerprint density at radius 2 is 1.75 bits per heavy atom. The maximum Gasteiger partial charge on any atom is 0.245 e. The van der Waals surface area contributed by atoms with Crippen LogP contribution in [0.1, 0.15) is 32.6 Å². The van der Waals surface area contributed by atoms with Crippen molar-refractivity contribution in [1.82, 2.24) is 4.31 Å². The van der Waals surface area contributed by atoms with Crippen molar-refractivity contribution in [3.63, 3.8) is 0 Å². The number of benzene rings is 1. The molecule has 1 fully saturated rings. The average molecular weight is 303 g/mol. The fraction of sp³-hybridized carbons (Fsp3) is 0.571. The van der Waals surface area contributed by atoms with Crippen LogP contribution in [0, 0.1) is 17.6 Å². The fourth-order valence-corrected chi connectivity index (χ4v) is 4.10. The molecule has 0 N–H and O–H groups in total. The third-order valence-corrected chi connectivity index (χ3v) is 5.99. The van der Waals surface area contributed by atoms with E-state index in [1.54, 1.807) is 0 Å². The van der Waals surface area contributed by atoms with Crippen LogP contribution in [0.4, 0.5) is 8.78 Å². The number of halogens is 2. The van der Waals surface area contributed by atoms with Crippen LogP contribution in [0.2, 0.25) is 0 Å². The highest BCUT2D eigenvalue weighted by molar-refractivity contribution is 7.89. The van der Waals surface area contributed by atoms with Gasteiger partial charge in [0.2, 0.25) is 10.0 Å². The fourth-order valence-electron chi connectivity index (χ4n) is 2.64. The molecule has 0 spiro atoms. The molecule has 1 saturated carbocycles. The van der Waals surface area contributed by atoms with Crippen LogP contribution in [0.5, 0.6) is 0 Å². The molecule has 0 heterocycles. The molecule has 3 nitrogen and oxygen atoms in total. The van der Waals surface area contributed by atoms with Gasteiger partial charge >= 0.3 is 0 Å². The first-order valence-corrected chi connectivity index (χ1v) is 8.19. The van der Waals surface area contributed by atoms with Gasteiger partial charge in [-0.15, -0.1) is 0 Å². The Labute approximate surface area is 118 Å². The molecule has 0 amide bonds. The molecule has 0 aromatic heterocycles. The Morgan fingerprint density at radius 3 is 2.30 bits per heavy atom. The van der Waals surface area contributed by atoms with E-state index in [1.807, 2.05) is 0 Å². The average Bonchev–Trinajstić information content (AvgIpc) is 2.38. The molecule has 20 heavy (non-hydrogen) atoms. The standard InChI is InChI=1S/C14H19F2NO2S/c1-10-3-6-12(7-4-10)17(2)20(18,19)14-8-5-11(15)9-13(14)16/h5,8-10,12H,3-4,6-7H2,1-2H3. The molecule has 1 aromatic carbocycles. The monoisotopic (exact) mass is 303 g/mol. The Morgan fingerprint density at radius 1 is 1.15 bits per heavy atom. The summed E-state index contributed by atoms with van der Waals surface area (Å²) >= 11 is 0. The zero-order valence-corrected chi connectivity index (χ0v) is 12.5. The van der Waals surface area contributed by atoms with Gasteiger partial charge in [0.25, 0.3) is 0 Å². The Kier molecular flexibility index (Phi) is 4.44. The van der Waals surface area contributed by atoms with E-state index >= 15 is 0 Å². The van der Waals surface area contributed by atoms with Crippen LogP contribution in [0.25, 0.3) is 0 Å². The number of rotatable bonds is 3. The van der Waals surface area contributed by atoms with E-state index in [2.05, 4.69) is 6.92 Å². The highest BCUT2D eigenvalue weighted by Gasteiger charge is 2.32. The van der Waals surface area contributed by atoms with Crippen molar-refractivity contribution in [2.75, 3.05) is 7.05 Å². The molecular weight excluding hydrogens is 284 g/mol. The van der Waals surface area contributed by atoms with Crippen LogP contribution >= 0.6 is 0 Å².